The first kappa shape index (κ1) is 19.0. The molecule has 0 aliphatic carbocycles. The molecule has 2 rings (SSSR count). The van der Waals surface area contributed by atoms with Gasteiger partial charge in [-0.05, 0) is 24.6 Å². The van der Waals surface area contributed by atoms with Crippen LogP contribution in [0.3, 0.4) is 0 Å². The summed E-state index contributed by atoms with van der Waals surface area (Å²) in [6.45, 7) is 2.93. The van der Waals surface area contributed by atoms with Crippen molar-refractivity contribution in [2.75, 3.05) is 23.7 Å². The van der Waals surface area contributed by atoms with E-state index in [9.17, 15) is 13.2 Å². The lowest BCUT2D eigenvalue weighted by molar-refractivity contribution is -0.131. The summed E-state index contributed by atoms with van der Waals surface area (Å²) >= 11 is 0. The van der Waals surface area contributed by atoms with Gasteiger partial charge in [0, 0.05) is 26.6 Å². The number of nitrogens with zero attached hydrogens (tertiary/aromatic N) is 2. The van der Waals surface area contributed by atoms with E-state index in [4.69, 9.17) is 0 Å². The largest absolute Gasteiger partial charge is 0.339 e. The van der Waals surface area contributed by atoms with Crippen LogP contribution in [0.2, 0.25) is 0 Å². The highest BCUT2D eigenvalue weighted by Gasteiger charge is 2.21. The maximum Gasteiger partial charge on any atom is 0.235 e. The molecule has 2 aromatic rings. The highest BCUT2D eigenvalue weighted by molar-refractivity contribution is 7.92. The van der Waals surface area contributed by atoms with E-state index >= 15 is 0 Å². The van der Waals surface area contributed by atoms with E-state index in [0.717, 1.165) is 5.56 Å². The standard InChI is InChI=1S/C19H24N2O3S/c1-3-21(16-17-10-6-4-7-11-17)19(22)14-15-25(23,24)20(2)18-12-8-5-9-13-18/h4-13H,3,14-16H2,1-2H3. The van der Waals surface area contributed by atoms with Crippen molar-refractivity contribution in [1.82, 2.24) is 4.90 Å². The number of hydrogen-bond donors (Lipinski definition) is 0. The Morgan fingerprint density at radius 2 is 1.52 bits per heavy atom. The Labute approximate surface area is 149 Å². The number of anilines is 1. The van der Waals surface area contributed by atoms with E-state index in [0.29, 0.717) is 18.8 Å². The summed E-state index contributed by atoms with van der Waals surface area (Å²) in [5, 5.41) is 0. The van der Waals surface area contributed by atoms with E-state index in [-0.39, 0.29) is 18.1 Å². The Morgan fingerprint density at radius 1 is 0.960 bits per heavy atom. The third-order valence-electron chi connectivity index (χ3n) is 4.06. The summed E-state index contributed by atoms with van der Waals surface area (Å²) in [4.78, 5) is 14.1. The van der Waals surface area contributed by atoms with Crippen LogP contribution in [-0.4, -0.2) is 38.6 Å². The third-order valence-corrected chi connectivity index (χ3v) is 5.83. The van der Waals surface area contributed by atoms with E-state index in [1.165, 1.54) is 11.4 Å². The normalized spacial score (nSPS) is 11.1. The number of para-hydroxylation sites is 1. The Kier molecular flexibility index (Phi) is 6.58. The van der Waals surface area contributed by atoms with E-state index in [1.54, 1.807) is 29.2 Å². The number of carbonyl (C=O) groups excluding carboxylic acids is 1. The average Bonchev–Trinajstić information content (AvgIpc) is 2.65. The van der Waals surface area contributed by atoms with E-state index in [2.05, 4.69) is 0 Å². The lowest BCUT2D eigenvalue weighted by Gasteiger charge is -2.23. The minimum atomic E-state index is -3.54. The van der Waals surface area contributed by atoms with Crippen molar-refractivity contribution in [3.05, 3.63) is 66.2 Å². The monoisotopic (exact) mass is 360 g/mol. The molecule has 0 N–H and O–H groups in total. The zero-order chi connectivity index (χ0) is 18.3. The van der Waals surface area contributed by atoms with Gasteiger partial charge in [-0.2, -0.15) is 0 Å². The first-order chi connectivity index (χ1) is 11.9. The highest BCUT2D eigenvalue weighted by Crippen LogP contribution is 2.16. The van der Waals surface area contributed by atoms with Crippen LogP contribution in [0, 0.1) is 0 Å². The highest BCUT2D eigenvalue weighted by atomic mass is 32.2. The van der Waals surface area contributed by atoms with Crippen LogP contribution in [0.15, 0.2) is 60.7 Å². The maximum absolute atomic E-state index is 12.5. The topological polar surface area (TPSA) is 57.7 Å². The van der Waals surface area contributed by atoms with Crippen LogP contribution in [0.25, 0.3) is 0 Å². The first-order valence-electron chi connectivity index (χ1n) is 8.27. The number of benzene rings is 2. The summed E-state index contributed by atoms with van der Waals surface area (Å²) in [7, 11) is -2.03. The Hall–Kier alpha value is -2.34. The molecule has 134 valence electrons. The van der Waals surface area contributed by atoms with Gasteiger partial charge in [0.15, 0.2) is 0 Å². The second-order valence-electron chi connectivity index (χ2n) is 5.76. The molecule has 0 atom stereocenters. The Morgan fingerprint density at radius 3 is 2.08 bits per heavy atom. The lowest BCUT2D eigenvalue weighted by atomic mass is 10.2. The van der Waals surface area contributed by atoms with Crippen LogP contribution in [0.4, 0.5) is 5.69 Å². The van der Waals surface area contributed by atoms with Gasteiger partial charge >= 0.3 is 0 Å². The fourth-order valence-corrected chi connectivity index (χ4v) is 3.64. The SMILES string of the molecule is CCN(Cc1ccccc1)C(=O)CCS(=O)(=O)N(C)c1ccccc1. The van der Waals surface area contributed by atoms with Crippen molar-refractivity contribution in [2.24, 2.45) is 0 Å². The molecular weight excluding hydrogens is 336 g/mol. The van der Waals surface area contributed by atoms with Gasteiger partial charge in [-0.3, -0.25) is 9.10 Å². The second-order valence-corrected chi connectivity index (χ2v) is 7.88. The predicted molar refractivity (Wildman–Crippen MR) is 101 cm³/mol. The van der Waals surface area contributed by atoms with Crippen molar-refractivity contribution in [1.29, 1.82) is 0 Å². The summed E-state index contributed by atoms with van der Waals surface area (Å²) in [6.07, 6.45) is -0.0276. The molecule has 0 saturated heterocycles. The molecule has 5 nitrogen and oxygen atoms in total. The Balaban J connectivity index is 1.97. The zero-order valence-electron chi connectivity index (χ0n) is 14.6. The van der Waals surface area contributed by atoms with Gasteiger partial charge in [0.1, 0.15) is 0 Å². The van der Waals surface area contributed by atoms with Gasteiger partial charge < -0.3 is 4.90 Å². The molecule has 0 unspecified atom stereocenters. The molecule has 0 fully saturated rings. The number of rotatable bonds is 8. The zero-order valence-corrected chi connectivity index (χ0v) is 15.4. The summed E-state index contributed by atoms with van der Waals surface area (Å²) < 4.78 is 26.1. The van der Waals surface area contributed by atoms with Crippen LogP contribution >= 0.6 is 0 Å². The second kappa shape index (κ2) is 8.67. The quantitative estimate of drug-likeness (QED) is 0.727. The summed E-state index contributed by atoms with van der Waals surface area (Å²) in [5.74, 6) is -0.362. The molecule has 0 heterocycles. The molecule has 0 aromatic heterocycles. The number of sulfonamides is 1. The van der Waals surface area contributed by atoms with Crippen LogP contribution in [-0.2, 0) is 21.4 Å². The van der Waals surface area contributed by atoms with Crippen LogP contribution in [0.5, 0.6) is 0 Å². The minimum Gasteiger partial charge on any atom is -0.339 e. The molecule has 0 aliphatic rings. The number of amides is 1. The maximum atomic E-state index is 12.5. The van der Waals surface area contributed by atoms with E-state index < -0.39 is 10.0 Å². The summed E-state index contributed by atoms with van der Waals surface area (Å²) in [5.41, 5.74) is 1.62. The molecular formula is C19H24N2O3S. The summed E-state index contributed by atoms with van der Waals surface area (Å²) in [6, 6.07) is 18.5. The molecule has 0 aliphatic heterocycles. The molecule has 6 heteroatoms. The van der Waals surface area contributed by atoms with Crippen molar-refractivity contribution in [2.45, 2.75) is 19.9 Å². The molecule has 1 amide bonds. The molecule has 2 aromatic carbocycles. The molecule has 25 heavy (non-hydrogen) atoms. The fraction of sp³-hybridized carbons (Fsp3) is 0.316. The number of hydrogen-bond acceptors (Lipinski definition) is 3. The number of carbonyl (C=O) groups is 1. The molecule has 0 spiro atoms. The predicted octanol–water partition coefficient (Wildman–Crippen LogP) is 2.89. The van der Waals surface area contributed by atoms with Crippen molar-refractivity contribution < 1.29 is 13.2 Å². The fourth-order valence-electron chi connectivity index (χ4n) is 2.49. The van der Waals surface area contributed by atoms with Crippen LogP contribution < -0.4 is 4.31 Å². The van der Waals surface area contributed by atoms with Gasteiger partial charge in [0.2, 0.25) is 15.9 Å². The first-order valence-corrected chi connectivity index (χ1v) is 9.88. The van der Waals surface area contributed by atoms with E-state index in [1.807, 2.05) is 43.3 Å². The van der Waals surface area contributed by atoms with Gasteiger partial charge in [-0.25, -0.2) is 8.42 Å². The van der Waals surface area contributed by atoms with Gasteiger partial charge in [-0.1, -0.05) is 48.5 Å². The average molecular weight is 360 g/mol. The molecule has 0 bridgehead atoms. The van der Waals surface area contributed by atoms with Gasteiger partial charge in [0.25, 0.3) is 0 Å². The molecule has 0 saturated carbocycles. The van der Waals surface area contributed by atoms with Crippen molar-refractivity contribution in [3.8, 4) is 0 Å². The molecule has 0 radical (unpaired) electrons. The van der Waals surface area contributed by atoms with Crippen LogP contribution in [0.1, 0.15) is 18.9 Å². The lowest BCUT2D eigenvalue weighted by Crippen LogP contribution is -2.34. The smallest absolute Gasteiger partial charge is 0.235 e. The van der Waals surface area contributed by atoms with Gasteiger partial charge in [-0.15, -0.1) is 0 Å². The van der Waals surface area contributed by atoms with Crippen molar-refractivity contribution in [3.63, 3.8) is 0 Å². The minimum absolute atomic E-state index is 0.0276. The Bertz CT molecular complexity index is 777. The van der Waals surface area contributed by atoms with Crippen molar-refractivity contribution >= 4 is 21.6 Å². The third kappa shape index (κ3) is 5.32. The van der Waals surface area contributed by atoms with Gasteiger partial charge in [0.05, 0.1) is 11.4 Å².